The topological polar surface area (TPSA) is 50.7 Å². The smallest absolute Gasteiger partial charge is 0.148 e. The van der Waals surface area contributed by atoms with Crippen LogP contribution in [0.15, 0.2) is 17.9 Å². The number of hydrogen-bond acceptors (Lipinski definition) is 5. The lowest BCUT2D eigenvalue weighted by molar-refractivity contribution is 0.973. The summed E-state index contributed by atoms with van der Waals surface area (Å²) in [5.74, 6) is 0.671. The highest BCUT2D eigenvalue weighted by atomic mass is 35.5. The summed E-state index contributed by atoms with van der Waals surface area (Å²) >= 11 is 7.58. The predicted molar refractivity (Wildman–Crippen MR) is 66.1 cm³/mol. The molecule has 0 amide bonds. The van der Waals surface area contributed by atoms with Gasteiger partial charge in [-0.3, -0.25) is 0 Å². The van der Waals surface area contributed by atoms with Crippen molar-refractivity contribution < 1.29 is 0 Å². The number of hydrogen-bond donors (Lipinski definition) is 1. The van der Waals surface area contributed by atoms with Crippen molar-refractivity contribution in [3.8, 4) is 0 Å². The molecular formula is C10H11ClN4S. The fourth-order valence-corrected chi connectivity index (χ4v) is 2.20. The van der Waals surface area contributed by atoms with E-state index in [-0.39, 0.29) is 0 Å². The van der Waals surface area contributed by atoms with Gasteiger partial charge in [0.25, 0.3) is 0 Å². The van der Waals surface area contributed by atoms with E-state index in [0.717, 1.165) is 23.7 Å². The fraction of sp³-hybridized carbons (Fsp3) is 0.300. The van der Waals surface area contributed by atoms with E-state index in [1.165, 1.54) is 6.33 Å². The number of rotatable bonds is 4. The van der Waals surface area contributed by atoms with Crippen molar-refractivity contribution in [1.82, 2.24) is 15.0 Å². The Hall–Kier alpha value is -1.20. The Labute approximate surface area is 103 Å². The van der Waals surface area contributed by atoms with Gasteiger partial charge in [-0.2, -0.15) is 0 Å². The van der Waals surface area contributed by atoms with Crippen LogP contribution in [-0.4, -0.2) is 21.5 Å². The Kier molecular flexibility index (Phi) is 3.69. The van der Waals surface area contributed by atoms with Crippen LogP contribution in [0.1, 0.15) is 10.7 Å². The minimum Gasteiger partial charge on any atom is -0.368 e. The third-order valence-electron chi connectivity index (χ3n) is 1.97. The first kappa shape index (κ1) is 11.3. The molecule has 84 valence electrons. The maximum Gasteiger partial charge on any atom is 0.148 e. The van der Waals surface area contributed by atoms with E-state index in [9.17, 15) is 0 Å². The van der Waals surface area contributed by atoms with Crippen molar-refractivity contribution in [2.75, 3.05) is 11.9 Å². The molecule has 0 saturated carbocycles. The predicted octanol–water partition coefficient (Wildman–Crippen LogP) is 2.55. The first-order valence-electron chi connectivity index (χ1n) is 4.86. The number of anilines is 1. The number of halogens is 1. The average molecular weight is 255 g/mol. The molecule has 0 unspecified atom stereocenters. The Morgan fingerprint density at radius 3 is 3.06 bits per heavy atom. The Balaban J connectivity index is 1.87. The van der Waals surface area contributed by atoms with Crippen LogP contribution in [0.5, 0.6) is 0 Å². The van der Waals surface area contributed by atoms with Crippen LogP contribution >= 0.6 is 22.9 Å². The van der Waals surface area contributed by atoms with Gasteiger partial charge in [-0.1, -0.05) is 11.6 Å². The number of nitrogens with zero attached hydrogens (tertiary/aromatic N) is 3. The van der Waals surface area contributed by atoms with Crippen molar-refractivity contribution in [2.45, 2.75) is 13.3 Å². The van der Waals surface area contributed by atoms with E-state index in [0.29, 0.717) is 10.8 Å². The zero-order valence-corrected chi connectivity index (χ0v) is 10.3. The van der Waals surface area contributed by atoms with Gasteiger partial charge in [0, 0.05) is 24.0 Å². The molecule has 2 rings (SSSR count). The molecule has 16 heavy (non-hydrogen) atoms. The largest absolute Gasteiger partial charge is 0.368 e. The molecule has 0 aliphatic carbocycles. The Bertz CT molecular complexity index is 471. The molecule has 0 bridgehead atoms. The van der Waals surface area contributed by atoms with Gasteiger partial charge in [0.05, 0.1) is 11.2 Å². The van der Waals surface area contributed by atoms with Gasteiger partial charge in [0.1, 0.15) is 17.2 Å². The summed E-state index contributed by atoms with van der Waals surface area (Å²) < 4.78 is 0. The summed E-state index contributed by atoms with van der Waals surface area (Å²) in [6, 6.07) is 0. The maximum absolute atomic E-state index is 5.91. The summed E-state index contributed by atoms with van der Waals surface area (Å²) in [5.41, 5.74) is 1.07. The molecule has 0 aliphatic rings. The number of thiazole rings is 1. The van der Waals surface area contributed by atoms with Gasteiger partial charge in [-0.15, -0.1) is 11.3 Å². The molecule has 0 spiro atoms. The van der Waals surface area contributed by atoms with Gasteiger partial charge < -0.3 is 5.32 Å². The number of nitrogens with one attached hydrogen (secondary N) is 1. The standard InChI is InChI=1S/C10H11ClN4S/c1-7-5-16-9(15-7)2-3-13-10-8(11)4-12-6-14-10/h4-6H,2-3H2,1H3,(H,12,13,14). The lowest BCUT2D eigenvalue weighted by Crippen LogP contribution is -2.06. The normalized spacial score (nSPS) is 10.4. The quantitative estimate of drug-likeness (QED) is 0.911. The van der Waals surface area contributed by atoms with Gasteiger partial charge in [-0.25, -0.2) is 15.0 Å². The van der Waals surface area contributed by atoms with Crippen LogP contribution in [0.3, 0.4) is 0 Å². The van der Waals surface area contributed by atoms with E-state index in [2.05, 4.69) is 20.3 Å². The molecule has 2 heterocycles. The molecule has 0 saturated heterocycles. The molecule has 2 aromatic rings. The molecule has 0 atom stereocenters. The summed E-state index contributed by atoms with van der Waals surface area (Å²) in [6.07, 6.45) is 3.92. The molecule has 6 heteroatoms. The van der Waals surface area contributed by atoms with Gasteiger partial charge in [-0.05, 0) is 6.92 Å². The van der Waals surface area contributed by atoms with Crippen molar-refractivity contribution in [3.05, 3.63) is 33.6 Å². The molecule has 4 nitrogen and oxygen atoms in total. The van der Waals surface area contributed by atoms with E-state index in [1.54, 1.807) is 17.5 Å². The van der Waals surface area contributed by atoms with Crippen LogP contribution in [0.25, 0.3) is 0 Å². The van der Waals surface area contributed by atoms with E-state index >= 15 is 0 Å². The SMILES string of the molecule is Cc1csc(CCNc2ncncc2Cl)n1. The molecular weight excluding hydrogens is 244 g/mol. The van der Waals surface area contributed by atoms with Gasteiger partial charge >= 0.3 is 0 Å². The molecule has 0 aliphatic heterocycles. The van der Waals surface area contributed by atoms with E-state index in [1.807, 2.05) is 12.3 Å². The molecule has 1 N–H and O–H groups in total. The van der Waals surface area contributed by atoms with E-state index in [4.69, 9.17) is 11.6 Å². The summed E-state index contributed by atoms with van der Waals surface area (Å²) in [7, 11) is 0. The number of aryl methyl sites for hydroxylation is 1. The highest BCUT2D eigenvalue weighted by Crippen LogP contribution is 2.16. The average Bonchev–Trinajstić information content (AvgIpc) is 2.67. The highest BCUT2D eigenvalue weighted by molar-refractivity contribution is 7.09. The minimum atomic E-state index is 0.540. The fourth-order valence-electron chi connectivity index (χ4n) is 1.25. The van der Waals surface area contributed by atoms with Gasteiger partial charge in [0.15, 0.2) is 0 Å². The first-order chi connectivity index (χ1) is 7.75. The second-order valence-corrected chi connectivity index (χ2v) is 4.63. The van der Waals surface area contributed by atoms with Crippen molar-refractivity contribution in [3.63, 3.8) is 0 Å². The van der Waals surface area contributed by atoms with Crippen LogP contribution < -0.4 is 5.32 Å². The lowest BCUT2D eigenvalue weighted by Gasteiger charge is -2.04. The third-order valence-corrected chi connectivity index (χ3v) is 3.27. The van der Waals surface area contributed by atoms with Crippen molar-refractivity contribution >= 4 is 28.8 Å². The third kappa shape index (κ3) is 2.90. The number of aromatic nitrogens is 3. The first-order valence-corrected chi connectivity index (χ1v) is 6.12. The highest BCUT2D eigenvalue weighted by Gasteiger charge is 2.01. The maximum atomic E-state index is 5.91. The minimum absolute atomic E-state index is 0.540. The Morgan fingerprint density at radius 2 is 2.38 bits per heavy atom. The van der Waals surface area contributed by atoms with Crippen LogP contribution in [-0.2, 0) is 6.42 Å². The zero-order chi connectivity index (χ0) is 11.4. The summed E-state index contributed by atoms with van der Waals surface area (Å²) in [5, 5.41) is 6.86. The van der Waals surface area contributed by atoms with Crippen LogP contribution in [0.2, 0.25) is 5.02 Å². The van der Waals surface area contributed by atoms with Gasteiger partial charge in [0.2, 0.25) is 0 Å². The Morgan fingerprint density at radius 1 is 1.50 bits per heavy atom. The van der Waals surface area contributed by atoms with Crippen LogP contribution in [0.4, 0.5) is 5.82 Å². The second-order valence-electron chi connectivity index (χ2n) is 3.28. The summed E-state index contributed by atoms with van der Waals surface area (Å²) in [6.45, 7) is 2.76. The molecule has 0 aromatic carbocycles. The zero-order valence-electron chi connectivity index (χ0n) is 8.77. The van der Waals surface area contributed by atoms with E-state index < -0.39 is 0 Å². The van der Waals surface area contributed by atoms with Crippen LogP contribution in [0, 0.1) is 6.92 Å². The molecule has 0 fully saturated rings. The second kappa shape index (κ2) is 5.23. The molecule has 2 aromatic heterocycles. The lowest BCUT2D eigenvalue weighted by atomic mass is 10.4. The summed E-state index contributed by atoms with van der Waals surface area (Å²) in [4.78, 5) is 12.2. The van der Waals surface area contributed by atoms with Crippen molar-refractivity contribution in [1.29, 1.82) is 0 Å². The van der Waals surface area contributed by atoms with Crippen molar-refractivity contribution in [2.24, 2.45) is 0 Å². The monoisotopic (exact) mass is 254 g/mol. The molecule has 0 radical (unpaired) electrons.